The largest absolute Gasteiger partial charge is 0.481 e. The molecule has 1 saturated heterocycles. The summed E-state index contributed by atoms with van der Waals surface area (Å²) in [4.78, 5) is 57.5. The first-order valence-electron chi connectivity index (χ1n) is 14.0. The standard InChI is InChI=1S/C30H42N4O6S/c1-19-26(41-18-32-19)21-13-11-20(12-14-21)16-31-28(38)23-15-22(40-5)17-34(23)29(39)27(30(2,3)4)33-24(35)9-7-6-8-10-25(36)37/h11-14,18,22-23,27H,6-10,15-17H2,1-5H3,(H,31,38)(H,33,35)(H,36,37)/t22-,23+,27-/m1/s1. The van der Waals surface area contributed by atoms with Gasteiger partial charge in [0.15, 0.2) is 0 Å². The molecule has 0 aliphatic carbocycles. The summed E-state index contributed by atoms with van der Waals surface area (Å²) in [5.41, 5.74) is 4.22. The first kappa shape index (κ1) is 32.2. The molecular formula is C30H42N4O6S. The molecule has 2 aromatic rings. The van der Waals surface area contributed by atoms with Gasteiger partial charge in [-0.15, -0.1) is 11.3 Å². The van der Waals surface area contributed by atoms with Crippen LogP contribution in [0.1, 0.15) is 70.6 Å². The predicted octanol–water partition coefficient (Wildman–Crippen LogP) is 3.92. The van der Waals surface area contributed by atoms with Crippen LogP contribution in [0.2, 0.25) is 0 Å². The Kier molecular flexibility index (Phi) is 11.4. The van der Waals surface area contributed by atoms with E-state index < -0.39 is 23.5 Å². The van der Waals surface area contributed by atoms with Gasteiger partial charge in [0, 0.05) is 39.5 Å². The quantitative estimate of drug-likeness (QED) is 0.303. The Labute approximate surface area is 245 Å². The zero-order valence-electron chi connectivity index (χ0n) is 24.6. The molecule has 0 radical (unpaired) electrons. The summed E-state index contributed by atoms with van der Waals surface area (Å²) in [6.07, 6.45) is 2.01. The van der Waals surface area contributed by atoms with Crippen LogP contribution < -0.4 is 10.6 Å². The second-order valence-electron chi connectivity index (χ2n) is 11.6. The molecule has 3 N–H and O–H groups in total. The molecule has 2 heterocycles. The van der Waals surface area contributed by atoms with E-state index in [0.29, 0.717) is 32.2 Å². The second kappa shape index (κ2) is 14.5. The Bertz CT molecular complexity index is 1210. The van der Waals surface area contributed by atoms with Crippen molar-refractivity contribution in [3.8, 4) is 10.4 Å². The van der Waals surface area contributed by atoms with Crippen LogP contribution in [-0.4, -0.2) is 70.5 Å². The minimum absolute atomic E-state index is 0.0711. The molecule has 3 amide bonds. The van der Waals surface area contributed by atoms with Gasteiger partial charge < -0.3 is 25.4 Å². The zero-order valence-corrected chi connectivity index (χ0v) is 25.4. The lowest BCUT2D eigenvalue weighted by Crippen LogP contribution is -2.57. The molecule has 224 valence electrons. The number of aryl methyl sites for hydroxylation is 1. The van der Waals surface area contributed by atoms with Crippen LogP contribution in [0.4, 0.5) is 0 Å². The SMILES string of the molecule is CO[C@@H]1C[C@@H](C(=O)NCc2ccc(-c3scnc3C)cc2)N(C(=O)[C@@H](NC(=O)CCCCCC(=O)O)C(C)(C)C)C1. The number of carboxylic acid groups (broad SMARTS) is 1. The lowest BCUT2D eigenvalue weighted by Gasteiger charge is -2.35. The van der Waals surface area contributed by atoms with Crippen LogP contribution in [0.15, 0.2) is 29.8 Å². The van der Waals surface area contributed by atoms with Crippen LogP contribution >= 0.6 is 11.3 Å². The van der Waals surface area contributed by atoms with Crippen molar-refractivity contribution in [2.24, 2.45) is 5.41 Å². The van der Waals surface area contributed by atoms with Gasteiger partial charge in [0.2, 0.25) is 17.7 Å². The molecule has 0 spiro atoms. The normalized spacial score (nSPS) is 17.7. The predicted molar refractivity (Wildman–Crippen MR) is 157 cm³/mol. The molecule has 11 heteroatoms. The van der Waals surface area contributed by atoms with E-state index in [0.717, 1.165) is 21.7 Å². The van der Waals surface area contributed by atoms with Gasteiger partial charge in [-0.3, -0.25) is 19.2 Å². The average molecular weight is 587 g/mol. The summed E-state index contributed by atoms with van der Waals surface area (Å²) in [6, 6.07) is 6.41. The minimum atomic E-state index is -0.855. The highest BCUT2D eigenvalue weighted by molar-refractivity contribution is 7.13. The van der Waals surface area contributed by atoms with E-state index in [-0.39, 0.29) is 43.2 Å². The molecule has 3 rings (SSSR count). The Morgan fingerprint density at radius 2 is 1.80 bits per heavy atom. The van der Waals surface area contributed by atoms with Gasteiger partial charge in [0.25, 0.3) is 0 Å². The smallest absolute Gasteiger partial charge is 0.303 e. The van der Waals surface area contributed by atoms with E-state index in [4.69, 9.17) is 9.84 Å². The van der Waals surface area contributed by atoms with Crippen LogP contribution in [0.5, 0.6) is 0 Å². The summed E-state index contributed by atoms with van der Waals surface area (Å²) in [6.45, 7) is 8.17. The lowest BCUT2D eigenvalue weighted by atomic mass is 9.85. The number of amides is 3. The zero-order chi connectivity index (χ0) is 30.2. The third-order valence-electron chi connectivity index (χ3n) is 7.32. The van der Waals surface area contributed by atoms with Crippen molar-refractivity contribution in [3.63, 3.8) is 0 Å². The van der Waals surface area contributed by atoms with Gasteiger partial charge in [-0.05, 0) is 36.3 Å². The summed E-state index contributed by atoms with van der Waals surface area (Å²) >= 11 is 1.59. The lowest BCUT2D eigenvalue weighted by molar-refractivity contribution is -0.144. The number of hydrogen-bond acceptors (Lipinski definition) is 7. The molecule has 1 fully saturated rings. The van der Waals surface area contributed by atoms with Crippen LogP contribution in [-0.2, 0) is 30.5 Å². The van der Waals surface area contributed by atoms with E-state index in [9.17, 15) is 19.2 Å². The molecule has 0 unspecified atom stereocenters. The number of aromatic nitrogens is 1. The summed E-state index contributed by atoms with van der Waals surface area (Å²) in [5, 5.41) is 14.6. The number of carbonyl (C=O) groups excluding carboxylic acids is 3. The third kappa shape index (κ3) is 9.09. The average Bonchev–Trinajstić information content (AvgIpc) is 3.55. The van der Waals surface area contributed by atoms with E-state index in [1.54, 1.807) is 18.4 Å². The molecule has 10 nitrogen and oxygen atoms in total. The number of methoxy groups -OCH3 is 1. The molecule has 1 aliphatic heterocycles. The van der Waals surface area contributed by atoms with Gasteiger partial charge in [-0.25, -0.2) is 4.98 Å². The fourth-order valence-electron chi connectivity index (χ4n) is 4.91. The Morgan fingerprint density at radius 1 is 1.12 bits per heavy atom. The van der Waals surface area contributed by atoms with Crippen molar-refractivity contribution < 1.29 is 29.0 Å². The van der Waals surface area contributed by atoms with Crippen molar-refractivity contribution in [2.45, 2.75) is 91.0 Å². The van der Waals surface area contributed by atoms with Crippen molar-refractivity contribution in [1.82, 2.24) is 20.5 Å². The van der Waals surface area contributed by atoms with Crippen molar-refractivity contribution in [3.05, 3.63) is 41.0 Å². The molecule has 3 atom stereocenters. The highest BCUT2D eigenvalue weighted by Gasteiger charge is 2.44. The number of carbonyl (C=O) groups is 4. The van der Waals surface area contributed by atoms with Crippen LogP contribution in [0, 0.1) is 12.3 Å². The maximum atomic E-state index is 13.8. The molecular weight excluding hydrogens is 544 g/mol. The third-order valence-corrected chi connectivity index (χ3v) is 8.30. The Hall–Kier alpha value is -3.31. The molecule has 1 aromatic heterocycles. The summed E-state index contributed by atoms with van der Waals surface area (Å²) in [5.74, 6) is -1.71. The van der Waals surface area contributed by atoms with Gasteiger partial charge in [0.05, 0.1) is 22.2 Å². The molecule has 41 heavy (non-hydrogen) atoms. The van der Waals surface area contributed by atoms with Gasteiger partial charge in [-0.2, -0.15) is 0 Å². The Morgan fingerprint density at radius 3 is 2.39 bits per heavy atom. The number of nitrogens with zero attached hydrogens (tertiary/aromatic N) is 2. The van der Waals surface area contributed by atoms with Crippen molar-refractivity contribution in [2.75, 3.05) is 13.7 Å². The number of nitrogens with one attached hydrogen (secondary N) is 2. The van der Waals surface area contributed by atoms with E-state index in [1.807, 2.05) is 57.5 Å². The van der Waals surface area contributed by atoms with Crippen molar-refractivity contribution in [1.29, 1.82) is 0 Å². The van der Waals surface area contributed by atoms with Gasteiger partial charge in [0.1, 0.15) is 12.1 Å². The van der Waals surface area contributed by atoms with Crippen LogP contribution in [0.25, 0.3) is 10.4 Å². The minimum Gasteiger partial charge on any atom is -0.481 e. The maximum absolute atomic E-state index is 13.8. The van der Waals surface area contributed by atoms with E-state index >= 15 is 0 Å². The number of hydrogen-bond donors (Lipinski definition) is 3. The Balaban J connectivity index is 1.63. The topological polar surface area (TPSA) is 138 Å². The number of likely N-dealkylation sites (tertiary alicyclic amines) is 1. The number of ether oxygens (including phenoxy) is 1. The van der Waals surface area contributed by atoms with E-state index in [1.165, 1.54) is 4.90 Å². The number of thiazole rings is 1. The number of rotatable bonds is 13. The van der Waals surface area contributed by atoms with Crippen LogP contribution in [0.3, 0.4) is 0 Å². The highest BCUT2D eigenvalue weighted by Crippen LogP contribution is 2.29. The molecule has 0 bridgehead atoms. The first-order valence-corrected chi connectivity index (χ1v) is 14.9. The van der Waals surface area contributed by atoms with Crippen molar-refractivity contribution >= 4 is 35.0 Å². The van der Waals surface area contributed by atoms with Gasteiger partial charge in [-0.1, -0.05) is 51.5 Å². The fourth-order valence-corrected chi connectivity index (χ4v) is 5.72. The summed E-state index contributed by atoms with van der Waals surface area (Å²) in [7, 11) is 1.56. The number of unbranched alkanes of at least 4 members (excludes halogenated alkanes) is 2. The first-order chi connectivity index (χ1) is 19.4. The number of aliphatic carboxylic acids is 1. The molecule has 1 aliphatic rings. The fraction of sp³-hybridized carbons (Fsp3) is 0.567. The number of benzene rings is 1. The second-order valence-corrected chi connectivity index (χ2v) is 12.5. The molecule has 0 saturated carbocycles. The van der Waals surface area contributed by atoms with Gasteiger partial charge >= 0.3 is 5.97 Å². The van der Waals surface area contributed by atoms with E-state index in [2.05, 4.69) is 15.6 Å². The monoisotopic (exact) mass is 586 g/mol. The number of carboxylic acids is 1. The summed E-state index contributed by atoms with van der Waals surface area (Å²) < 4.78 is 5.53. The highest BCUT2D eigenvalue weighted by atomic mass is 32.1. The molecule has 1 aromatic carbocycles. The maximum Gasteiger partial charge on any atom is 0.303 e.